The Balaban J connectivity index is 2.73. The average molecular weight is 332 g/mol. The second-order valence-electron chi connectivity index (χ2n) is 5.39. The number of nitriles is 1. The minimum absolute atomic E-state index is 0.0432. The normalized spacial score (nSPS) is 12.5. The summed E-state index contributed by atoms with van der Waals surface area (Å²) in [5.74, 6) is 0.207. The monoisotopic (exact) mass is 332 g/mol. The third kappa shape index (κ3) is 5.80. The number of carbonyl (C=O) groups is 2. The van der Waals surface area contributed by atoms with Crippen LogP contribution < -0.4 is 20.7 Å². The Bertz CT molecular complexity index is 625. The lowest BCUT2D eigenvalue weighted by molar-refractivity contribution is -0.123. The SMILES string of the molecule is CCOc1ccc(C#N)cc1NC(=O)N[C@@H](C)C(=O)N[C@@H](C)CC. The Morgan fingerprint density at radius 2 is 1.96 bits per heavy atom. The van der Waals surface area contributed by atoms with E-state index in [1.54, 1.807) is 19.1 Å². The molecule has 0 heterocycles. The van der Waals surface area contributed by atoms with E-state index in [-0.39, 0.29) is 11.9 Å². The summed E-state index contributed by atoms with van der Waals surface area (Å²) < 4.78 is 5.43. The van der Waals surface area contributed by atoms with Crippen molar-refractivity contribution in [3.8, 4) is 11.8 Å². The molecular weight excluding hydrogens is 308 g/mol. The van der Waals surface area contributed by atoms with Crippen LogP contribution in [0.5, 0.6) is 5.75 Å². The number of hydrogen-bond donors (Lipinski definition) is 3. The molecule has 0 radical (unpaired) electrons. The number of nitrogens with zero attached hydrogens (tertiary/aromatic N) is 1. The van der Waals surface area contributed by atoms with Crippen LogP contribution in [0.3, 0.4) is 0 Å². The maximum Gasteiger partial charge on any atom is 0.319 e. The van der Waals surface area contributed by atoms with Crippen molar-refractivity contribution in [3.05, 3.63) is 23.8 Å². The largest absolute Gasteiger partial charge is 0.492 e. The van der Waals surface area contributed by atoms with Crippen LogP contribution in [0.15, 0.2) is 18.2 Å². The molecule has 3 amide bonds. The fourth-order valence-electron chi connectivity index (χ4n) is 1.87. The molecule has 1 rings (SSSR count). The van der Waals surface area contributed by atoms with Crippen molar-refractivity contribution in [1.29, 1.82) is 5.26 Å². The zero-order valence-electron chi connectivity index (χ0n) is 14.5. The Morgan fingerprint density at radius 3 is 2.54 bits per heavy atom. The third-order valence-corrected chi connectivity index (χ3v) is 3.40. The fourth-order valence-corrected chi connectivity index (χ4v) is 1.87. The molecule has 1 aromatic carbocycles. The fraction of sp³-hybridized carbons (Fsp3) is 0.471. The van der Waals surface area contributed by atoms with Crippen LogP contribution in [0, 0.1) is 11.3 Å². The van der Waals surface area contributed by atoms with Crippen LogP contribution in [-0.4, -0.2) is 30.6 Å². The van der Waals surface area contributed by atoms with Crippen LogP contribution in [0.2, 0.25) is 0 Å². The predicted molar refractivity (Wildman–Crippen MR) is 91.8 cm³/mol. The summed E-state index contributed by atoms with van der Waals surface area (Å²) in [7, 11) is 0. The lowest BCUT2D eigenvalue weighted by Gasteiger charge is -2.18. The van der Waals surface area contributed by atoms with Crippen molar-refractivity contribution >= 4 is 17.6 Å². The minimum atomic E-state index is -0.686. The van der Waals surface area contributed by atoms with Gasteiger partial charge >= 0.3 is 6.03 Å². The first-order valence-electron chi connectivity index (χ1n) is 7.96. The lowest BCUT2D eigenvalue weighted by Crippen LogP contribution is -2.48. The van der Waals surface area contributed by atoms with E-state index in [4.69, 9.17) is 10.00 Å². The molecule has 0 saturated heterocycles. The predicted octanol–water partition coefficient (Wildman–Crippen LogP) is 2.38. The molecule has 0 aliphatic carbocycles. The third-order valence-electron chi connectivity index (χ3n) is 3.40. The van der Waals surface area contributed by atoms with Crippen LogP contribution in [0.4, 0.5) is 10.5 Å². The summed E-state index contributed by atoms with van der Waals surface area (Å²) in [5, 5.41) is 17.0. The van der Waals surface area contributed by atoms with Gasteiger partial charge in [0, 0.05) is 6.04 Å². The zero-order valence-corrected chi connectivity index (χ0v) is 14.5. The second-order valence-corrected chi connectivity index (χ2v) is 5.39. The maximum absolute atomic E-state index is 12.1. The molecule has 3 N–H and O–H groups in total. The molecule has 0 spiro atoms. The highest BCUT2D eigenvalue weighted by atomic mass is 16.5. The standard InChI is InChI=1S/C17H24N4O3/c1-5-11(3)19-16(22)12(4)20-17(23)21-14-9-13(10-18)7-8-15(14)24-6-2/h7-9,11-12H,5-6H2,1-4H3,(H,19,22)(H2,20,21,23)/t11-,12-/m0/s1. The van der Waals surface area contributed by atoms with Crippen LogP contribution in [0.25, 0.3) is 0 Å². The Morgan fingerprint density at radius 1 is 1.25 bits per heavy atom. The zero-order chi connectivity index (χ0) is 18.1. The molecule has 0 unspecified atom stereocenters. The van der Waals surface area contributed by atoms with Crippen molar-refractivity contribution in [2.75, 3.05) is 11.9 Å². The number of amides is 3. The van der Waals surface area contributed by atoms with Crippen LogP contribution >= 0.6 is 0 Å². The number of ether oxygens (including phenoxy) is 1. The summed E-state index contributed by atoms with van der Waals surface area (Å²) in [6.07, 6.45) is 0.809. The van der Waals surface area contributed by atoms with E-state index in [0.717, 1.165) is 6.42 Å². The van der Waals surface area contributed by atoms with Gasteiger partial charge in [0.15, 0.2) is 0 Å². The molecule has 0 aliphatic rings. The summed E-state index contributed by atoms with van der Waals surface area (Å²) in [5.41, 5.74) is 0.777. The lowest BCUT2D eigenvalue weighted by atomic mass is 10.2. The summed E-state index contributed by atoms with van der Waals surface area (Å²) >= 11 is 0. The van der Waals surface area contributed by atoms with Crippen molar-refractivity contribution < 1.29 is 14.3 Å². The van der Waals surface area contributed by atoms with E-state index in [1.807, 2.05) is 26.8 Å². The maximum atomic E-state index is 12.1. The Labute approximate surface area is 142 Å². The first kappa shape index (κ1) is 19.3. The van der Waals surface area contributed by atoms with Crippen LogP contribution in [-0.2, 0) is 4.79 Å². The van der Waals surface area contributed by atoms with Gasteiger partial charge in [-0.15, -0.1) is 0 Å². The van der Waals surface area contributed by atoms with Gasteiger partial charge in [-0.05, 0) is 45.4 Å². The summed E-state index contributed by atoms with van der Waals surface area (Å²) in [4.78, 5) is 24.0. The molecule has 24 heavy (non-hydrogen) atoms. The minimum Gasteiger partial charge on any atom is -0.492 e. The molecule has 0 aliphatic heterocycles. The highest BCUT2D eigenvalue weighted by Gasteiger charge is 2.17. The van der Waals surface area contributed by atoms with Gasteiger partial charge in [0.25, 0.3) is 0 Å². The van der Waals surface area contributed by atoms with Crippen molar-refractivity contribution in [2.45, 2.75) is 46.2 Å². The average Bonchev–Trinajstić information content (AvgIpc) is 2.56. The van der Waals surface area contributed by atoms with Gasteiger partial charge < -0.3 is 20.7 Å². The molecule has 0 fully saturated rings. The van der Waals surface area contributed by atoms with Gasteiger partial charge in [-0.1, -0.05) is 6.92 Å². The molecule has 1 aromatic rings. The second kappa shape index (κ2) is 9.40. The Hall–Kier alpha value is -2.75. The topological polar surface area (TPSA) is 103 Å². The molecule has 0 bridgehead atoms. The van der Waals surface area contributed by atoms with Crippen molar-refractivity contribution in [2.24, 2.45) is 0 Å². The Kier molecular flexibility index (Phi) is 7.56. The number of anilines is 1. The number of nitrogens with one attached hydrogen (secondary N) is 3. The number of carbonyl (C=O) groups excluding carboxylic acids is 2. The van der Waals surface area contributed by atoms with E-state index in [9.17, 15) is 9.59 Å². The number of rotatable bonds is 7. The molecule has 130 valence electrons. The molecule has 7 nitrogen and oxygen atoms in total. The highest BCUT2D eigenvalue weighted by Crippen LogP contribution is 2.25. The van der Waals surface area contributed by atoms with E-state index in [2.05, 4.69) is 16.0 Å². The van der Waals surface area contributed by atoms with Gasteiger partial charge in [-0.25, -0.2) is 4.79 Å². The number of benzene rings is 1. The van der Waals surface area contributed by atoms with Gasteiger partial charge in [-0.3, -0.25) is 4.79 Å². The molecule has 7 heteroatoms. The van der Waals surface area contributed by atoms with E-state index < -0.39 is 12.1 Å². The highest BCUT2D eigenvalue weighted by molar-refractivity contribution is 5.94. The van der Waals surface area contributed by atoms with Crippen molar-refractivity contribution in [1.82, 2.24) is 10.6 Å². The molecule has 0 aromatic heterocycles. The smallest absolute Gasteiger partial charge is 0.319 e. The van der Waals surface area contributed by atoms with Gasteiger partial charge in [0.2, 0.25) is 5.91 Å². The first-order chi connectivity index (χ1) is 11.4. The molecule has 0 saturated carbocycles. The van der Waals surface area contributed by atoms with E-state index in [1.165, 1.54) is 6.07 Å². The number of urea groups is 1. The first-order valence-corrected chi connectivity index (χ1v) is 7.96. The van der Waals surface area contributed by atoms with E-state index >= 15 is 0 Å². The quantitative estimate of drug-likeness (QED) is 0.713. The van der Waals surface area contributed by atoms with E-state index in [0.29, 0.717) is 23.6 Å². The van der Waals surface area contributed by atoms with Crippen LogP contribution in [0.1, 0.15) is 39.7 Å². The van der Waals surface area contributed by atoms with Crippen molar-refractivity contribution in [3.63, 3.8) is 0 Å². The van der Waals surface area contributed by atoms with Gasteiger partial charge in [0.1, 0.15) is 11.8 Å². The molecular formula is C17H24N4O3. The number of hydrogen-bond acceptors (Lipinski definition) is 4. The van der Waals surface area contributed by atoms with Gasteiger partial charge in [0.05, 0.1) is 23.9 Å². The molecule has 2 atom stereocenters. The summed E-state index contributed by atoms with van der Waals surface area (Å²) in [6, 6.07) is 5.57. The summed E-state index contributed by atoms with van der Waals surface area (Å²) in [6.45, 7) is 7.71. The van der Waals surface area contributed by atoms with Gasteiger partial charge in [-0.2, -0.15) is 5.26 Å².